The smallest absolute Gasteiger partial charge is 0.119 e. The summed E-state index contributed by atoms with van der Waals surface area (Å²) in [5.74, 6) is 0.893. The van der Waals surface area contributed by atoms with Gasteiger partial charge in [0.15, 0.2) is 0 Å². The molecule has 0 atom stereocenters. The summed E-state index contributed by atoms with van der Waals surface area (Å²) < 4.78 is 10.7. The first kappa shape index (κ1) is 16.8. The predicted molar refractivity (Wildman–Crippen MR) is 84.9 cm³/mol. The van der Waals surface area contributed by atoms with Crippen molar-refractivity contribution < 1.29 is 9.47 Å². The van der Waals surface area contributed by atoms with Crippen LogP contribution in [-0.4, -0.2) is 47.0 Å². The summed E-state index contributed by atoms with van der Waals surface area (Å²) in [4.78, 5) is 2.23. The maximum absolute atomic E-state index is 5.50. The number of hydrogen-bond acceptors (Lipinski definition) is 4. The van der Waals surface area contributed by atoms with Crippen molar-refractivity contribution in [2.75, 3.05) is 51.9 Å². The third kappa shape index (κ3) is 6.78. The van der Waals surface area contributed by atoms with Crippen molar-refractivity contribution in [2.45, 2.75) is 19.8 Å². The molecule has 0 amide bonds. The molecule has 20 heavy (non-hydrogen) atoms. The molecule has 4 nitrogen and oxygen atoms in total. The molecule has 0 unspecified atom stereocenters. The molecule has 0 saturated heterocycles. The quantitative estimate of drug-likeness (QED) is 0.632. The Labute approximate surface area is 123 Å². The molecule has 1 rings (SSSR count). The van der Waals surface area contributed by atoms with E-state index < -0.39 is 0 Å². The zero-order valence-corrected chi connectivity index (χ0v) is 13.0. The van der Waals surface area contributed by atoms with Crippen LogP contribution in [0.4, 0.5) is 5.69 Å². The van der Waals surface area contributed by atoms with Crippen molar-refractivity contribution in [3.8, 4) is 5.75 Å². The van der Waals surface area contributed by atoms with Crippen LogP contribution in [0.5, 0.6) is 5.75 Å². The number of hydrogen-bond donors (Lipinski definition) is 1. The van der Waals surface area contributed by atoms with Crippen LogP contribution in [0, 0.1) is 0 Å². The third-order valence-electron chi connectivity index (χ3n) is 3.20. The number of unbranched alkanes of at least 4 members (excludes halogenated alkanes) is 1. The van der Waals surface area contributed by atoms with E-state index in [4.69, 9.17) is 9.47 Å². The van der Waals surface area contributed by atoms with Gasteiger partial charge < -0.3 is 19.7 Å². The molecule has 0 spiro atoms. The van der Waals surface area contributed by atoms with Crippen molar-refractivity contribution in [2.24, 2.45) is 0 Å². The highest BCUT2D eigenvalue weighted by Crippen LogP contribution is 2.17. The summed E-state index contributed by atoms with van der Waals surface area (Å²) in [7, 11) is 3.78. The fourth-order valence-electron chi connectivity index (χ4n) is 1.83. The van der Waals surface area contributed by atoms with Crippen LogP contribution in [0.2, 0.25) is 0 Å². The minimum Gasteiger partial charge on any atom is -0.497 e. The van der Waals surface area contributed by atoms with Crippen LogP contribution >= 0.6 is 0 Å². The Balaban J connectivity index is 2.08. The lowest BCUT2D eigenvalue weighted by Crippen LogP contribution is -2.31. The van der Waals surface area contributed by atoms with Crippen LogP contribution in [0.3, 0.4) is 0 Å². The van der Waals surface area contributed by atoms with Gasteiger partial charge in [0.25, 0.3) is 0 Å². The fourth-order valence-corrected chi connectivity index (χ4v) is 1.83. The van der Waals surface area contributed by atoms with Gasteiger partial charge in [-0.05, 0) is 30.7 Å². The maximum atomic E-state index is 5.50. The Morgan fingerprint density at radius 3 is 2.50 bits per heavy atom. The van der Waals surface area contributed by atoms with E-state index in [2.05, 4.69) is 36.3 Å². The van der Waals surface area contributed by atoms with Gasteiger partial charge in [0, 0.05) is 39.0 Å². The number of rotatable bonds is 11. The zero-order valence-electron chi connectivity index (χ0n) is 13.0. The fraction of sp³-hybridized carbons (Fsp3) is 0.625. The van der Waals surface area contributed by atoms with Gasteiger partial charge in [-0.25, -0.2) is 0 Å². The Morgan fingerprint density at radius 2 is 1.85 bits per heavy atom. The molecule has 0 aliphatic heterocycles. The number of likely N-dealkylation sites (N-methyl/N-ethyl adjacent to an activating group) is 1. The van der Waals surface area contributed by atoms with Crippen LogP contribution < -0.4 is 15.0 Å². The predicted octanol–water partition coefficient (Wildman–Crippen LogP) is 2.54. The average Bonchev–Trinajstić information content (AvgIpc) is 2.50. The normalized spacial score (nSPS) is 10.6. The van der Waals surface area contributed by atoms with Gasteiger partial charge in [-0.2, -0.15) is 0 Å². The molecule has 0 fully saturated rings. The molecule has 0 heterocycles. The molecule has 0 aromatic heterocycles. The van der Waals surface area contributed by atoms with Crippen molar-refractivity contribution in [1.82, 2.24) is 5.32 Å². The van der Waals surface area contributed by atoms with Crippen LogP contribution in [-0.2, 0) is 4.74 Å². The first-order valence-corrected chi connectivity index (χ1v) is 7.41. The SMILES string of the molecule is CCCCOCCNCCN(C)c1ccc(OC)cc1. The van der Waals surface area contributed by atoms with Gasteiger partial charge in [-0.15, -0.1) is 0 Å². The second-order valence-corrected chi connectivity index (χ2v) is 4.84. The van der Waals surface area contributed by atoms with Gasteiger partial charge in [0.2, 0.25) is 0 Å². The van der Waals surface area contributed by atoms with Gasteiger partial charge in [0.05, 0.1) is 13.7 Å². The van der Waals surface area contributed by atoms with E-state index in [-0.39, 0.29) is 0 Å². The molecule has 1 aromatic rings. The topological polar surface area (TPSA) is 33.7 Å². The van der Waals surface area contributed by atoms with Crippen LogP contribution in [0.1, 0.15) is 19.8 Å². The van der Waals surface area contributed by atoms with E-state index in [1.807, 2.05) is 12.1 Å². The van der Waals surface area contributed by atoms with Crippen molar-refractivity contribution in [3.05, 3.63) is 24.3 Å². The molecule has 0 bridgehead atoms. The maximum Gasteiger partial charge on any atom is 0.119 e. The van der Waals surface area contributed by atoms with Crippen molar-refractivity contribution >= 4 is 5.69 Å². The second kappa shape index (κ2) is 10.5. The van der Waals surface area contributed by atoms with Crippen molar-refractivity contribution in [1.29, 1.82) is 0 Å². The summed E-state index contributed by atoms with van der Waals surface area (Å²) >= 11 is 0. The first-order chi connectivity index (χ1) is 9.77. The Kier molecular flexibility index (Phi) is 8.83. The molecule has 1 N–H and O–H groups in total. The monoisotopic (exact) mass is 280 g/mol. The van der Waals surface area contributed by atoms with E-state index in [0.29, 0.717) is 0 Å². The summed E-state index contributed by atoms with van der Waals surface area (Å²) in [6, 6.07) is 8.13. The Bertz CT molecular complexity index is 341. The minimum absolute atomic E-state index is 0.798. The highest BCUT2D eigenvalue weighted by Gasteiger charge is 2.00. The lowest BCUT2D eigenvalue weighted by molar-refractivity contribution is 0.133. The third-order valence-corrected chi connectivity index (χ3v) is 3.20. The summed E-state index contributed by atoms with van der Waals surface area (Å²) in [6.45, 7) is 6.70. The van der Waals surface area contributed by atoms with E-state index >= 15 is 0 Å². The summed E-state index contributed by atoms with van der Waals surface area (Å²) in [6.07, 6.45) is 2.35. The lowest BCUT2D eigenvalue weighted by atomic mass is 10.3. The molecule has 1 aromatic carbocycles. The highest BCUT2D eigenvalue weighted by molar-refractivity contribution is 5.48. The highest BCUT2D eigenvalue weighted by atomic mass is 16.5. The average molecular weight is 280 g/mol. The first-order valence-electron chi connectivity index (χ1n) is 7.41. The van der Waals surface area contributed by atoms with Gasteiger partial charge in [0.1, 0.15) is 5.75 Å². The number of methoxy groups -OCH3 is 1. The standard InChI is InChI=1S/C16H28N2O2/c1-4-5-13-20-14-11-17-10-12-18(2)15-6-8-16(19-3)9-7-15/h6-9,17H,4-5,10-14H2,1-3H3. The van der Waals surface area contributed by atoms with E-state index in [0.717, 1.165) is 45.0 Å². The molecule has 0 saturated carbocycles. The number of ether oxygens (including phenoxy) is 2. The van der Waals surface area contributed by atoms with Gasteiger partial charge in [-0.1, -0.05) is 13.3 Å². The number of benzene rings is 1. The molecule has 4 heteroatoms. The van der Waals surface area contributed by atoms with Crippen molar-refractivity contribution in [3.63, 3.8) is 0 Å². The van der Waals surface area contributed by atoms with E-state index in [9.17, 15) is 0 Å². The molecule has 0 aliphatic rings. The number of nitrogens with one attached hydrogen (secondary N) is 1. The van der Waals surface area contributed by atoms with E-state index in [1.165, 1.54) is 12.1 Å². The zero-order chi connectivity index (χ0) is 14.6. The Morgan fingerprint density at radius 1 is 1.10 bits per heavy atom. The summed E-state index contributed by atoms with van der Waals surface area (Å²) in [5, 5.41) is 3.39. The molecular formula is C16H28N2O2. The molecule has 114 valence electrons. The second-order valence-electron chi connectivity index (χ2n) is 4.84. The Hall–Kier alpha value is -1.26. The van der Waals surface area contributed by atoms with Crippen LogP contribution in [0.25, 0.3) is 0 Å². The van der Waals surface area contributed by atoms with Gasteiger partial charge in [-0.3, -0.25) is 0 Å². The van der Waals surface area contributed by atoms with Gasteiger partial charge >= 0.3 is 0 Å². The van der Waals surface area contributed by atoms with Crippen LogP contribution in [0.15, 0.2) is 24.3 Å². The number of nitrogens with zero attached hydrogens (tertiary/aromatic N) is 1. The number of anilines is 1. The lowest BCUT2D eigenvalue weighted by Gasteiger charge is -2.19. The largest absolute Gasteiger partial charge is 0.497 e. The van der Waals surface area contributed by atoms with E-state index in [1.54, 1.807) is 7.11 Å². The molecule has 0 radical (unpaired) electrons. The molecule has 0 aliphatic carbocycles. The summed E-state index contributed by atoms with van der Waals surface area (Å²) in [5.41, 5.74) is 1.20. The minimum atomic E-state index is 0.798. The molecular weight excluding hydrogens is 252 g/mol.